The molecule has 0 saturated carbocycles. The third kappa shape index (κ3) is 5.99. The Morgan fingerprint density at radius 1 is 1.05 bits per heavy atom. The van der Waals surface area contributed by atoms with Crippen molar-refractivity contribution in [2.24, 2.45) is 16.9 Å². The molecule has 0 amide bonds. The van der Waals surface area contributed by atoms with E-state index >= 15 is 0 Å². The number of halogens is 1. The molecule has 6 heterocycles. The van der Waals surface area contributed by atoms with Crippen molar-refractivity contribution in [1.29, 1.82) is 0 Å². The minimum atomic E-state index is -0.817. The second-order valence-electron chi connectivity index (χ2n) is 11.5. The van der Waals surface area contributed by atoms with Gasteiger partial charge in [0.05, 0.1) is 35.7 Å². The summed E-state index contributed by atoms with van der Waals surface area (Å²) in [5, 5.41) is 14.9. The minimum Gasteiger partial charge on any atom is -0.388 e. The molecule has 0 unspecified atom stereocenters. The van der Waals surface area contributed by atoms with Crippen LogP contribution in [0.2, 0.25) is 5.02 Å². The summed E-state index contributed by atoms with van der Waals surface area (Å²) in [6, 6.07) is 3.70. The summed E-state index contributed by atoms with van der Waals surface area (Å²) in [4.78, 5) is 27.9. The van der Waals surface area contributed by atoms with E-state index in [0.29, 0.717) is 48.5 Å². The van der Waals surface area contributed by atoms with Gasteiger partial charge in [0.15, 0.2) is 5.82 Å². The summed E-state index contributed by atoms with van der Waals surface area (Å²) < 4.78 is 5.85. The molecule has 3 aromatic rings. The average Bonchev–Trinajstić information content (AvgIpc) is 3.29. The fourth-order valence-corrected chi connectivity index (χ4v) is 6.93. The van der Waals surface area contributed by atoms with Gasteiger partial charge < -0.3 is 36.4 Å². The standard InChI is InChI=1S/C28H37ClN10O2S/c1-18-24(31)27(17-41-18)4-10-38(11-5-27)21-14-35-22(15-34-21)42-19-2-8-32-25(23(19)29)36-20-3-9-33-26(37-20)39-12-6-28(40,16-30)7-13-39/h2-3,8-9,14-15,18,24,40H,4-7,10-13,16-17,30-31H2,1H3,(H,32,33,36,37)/t18-,24+/m0/s1. The lowest BCUT2D eigenvalue weighted by Crippen LogP contribution is -2.50. The van der Waals surface area contributed by atoms with Crippen LogP contribution in [0, 0.1) is 5.41 Å². The molecule has 3 saturated heterocycles. The topological polar surface area (TPSA) is 164 Å². The second kappa shape index (κ2) is 12.1. The van der Waals surface area contributed by atoms with E-state index in [0.717, 1.165) is 48.3 Å². The Bertz CT molecular complexity index is 1380. The molecule has 3 aliphatic heterocycles. The minimum absolute atomic E-state index is 0.0708. The zero-order valence-electron chi connectivity index (χ0n) is 23.6. The van der Waals surface area contributed by atoms with Gasteiger partial charge in [-0.2, -0.15) is 4.98 Å². The van der Waals surface area contributed by atoms with E-state index in [1.807, 2.05) is 17.2 Å². The van der Waals surface area contributed by atoms with E-state index in [-0.39, 0.29) is 24.1 Å². The zero-order chi connectivity index (χ0) is 29.3. The number of aliphatic hydroxyl groups is 1. The van der Waals surface area contributed by atoms with Crippen molar-refractivity contribution in [3.8, 4) is 0 Å². The molecule has 2 atom stereocenters. The molecular formula is C28H37ClN10O2S. The first-order valence-electron chi connectivity index (χ1n) is 14.3. The predicted molar refractivity (Wildman–Crippen MR) is 163 cm³/mol. The van der Waals surface area contributed by atoms with Crippen LogP contribution in [0.4, 0.5) is 23.4 Å². The zero-order valence-corrected chi connectivity index (χ0v) is 25.2. The number of rotatable bonds is 7. The Kier molecular flexibility index (Phi) is 8.40. The summed E-state index contributed by atoms with van der Waals surface area (Å²) >= 11 is 8.19. The molecule has 3 aromatic heterocycles. The second-order valence-corrected chi connectivity index (χ2v) is 12.9. The quantitative estimate of drug-likeness (QED) is 0.308. The highest BCUT2D eigenvalue weighted by atomic mass is 35.5. The van der Waals surface area contributed by atoms with Crippen LogP contribution in [0.3, 0.4) is 0 Å². The number of nitrogens with one attached hydrogen (secondary N) is 1. The van der Waals surface area contributed by atoms with Gasteiger partial charge in [0.25, 0.3) is 0 Å². The first-order valence-corrected chi connectivity index (χ1v) is 15.5. The number of aromatic nitrogens is 5. The van der Waals surface area contributed by atoms with Crippen LogP contribution < -0.4 is 26.6 Å². The third-order valence-electron chi connectivity index (χ3n) is 8.86. The van der Waals surface area contributed by atoms with Crippen LogP contribution in [-0.4, -0.2) is 87.1 Å². The van der Waals surface area contributed by atoms with Crippen molar-refractivity contribution in [3.05, 3.63) is 41.9 Å². The van der Waals surface area contributed by atoms with Gasteiger partial charge >= 0.3 is 0 Å². The molecule has 6 rings (SSSR count). The normalized spacial score (nSPS) is 23.4. The van der Waals surface area contributed by atoms with Gasteiger partial charge in [-0.25, -0.2) is 19.9 Å². The molecule has 0 aromatic carbocycles. The molecular weight excluding hydrogens is 576 g/mol. The number of anilines is 4. The van der Waals surface area contributed by atoms with Crippen molar-refractivity contribution in [1.82, 2.24) is 24.9 Å². The van der Waals surface area contributed by atoms with Gasteiger partial charge in [-0.05, 0) is 44.7 Å². The lowest BCUT2D eigenvalue weighted by Gasteiger charge is -2.41. The summed E-state index contributed by atoms with van der Waals surface area (Å²) in [6.07, 6.45) is 10.2. The SMILES string of the molecule is C[C@@H]1OCC2(CCN(c3cnc(Sc4ccnc(Nc5ccnc(N6CCC(O)(CN)CC6)n5)c4Cl)cn3)CC2)[C@@H]1N. The molecule has 1 spiro atoms. The molecule has 14 heteroatoms. The van der Waals surface area contributed by atoms with Crippen LogP contribution in [0.5, 0.6) is 0 Å². The van der Waals surface area contributed by atoms with E-state index in [4.69, 9.17) is 32.8 Å². The first kappa shape index (κ1) is 29.3. The van der Waals surface area contributed by atoms with Gasteiger partial charge in [0.2, 0.25) is 5.95 Å². The Morgan fingerprint density at radius 2 is 1.79 bits per heavy atom. The predicted octanol–water partition coefficient (Wildman–Crippen LogP) is 2.83. The summed E-state index contributed by atoms with van der Waals surface area (Å²) in [6.45, 7) is 6.08. The highest BCUT2D eigenvalue weighted by Gasteiger charge is 2.47. The highest BCUT2D eigenvalue weighted by molar-refractivity contribution is 7.99. The van der Waals surface area contributed by atoms with Gasteiger partial charge in [-0.1, -0.05) is 23.4 Å². The highest BCUT2D eigenvalue weighted by Crippen LogP contribution is 2.42. The molecule has 224 valence electrons. The lowest BCUT2D eigenvalue weighted by molar-refractivity contribution is 0.0247. The maximum Gasteiger partial charge on any atom is 0.227 e. The molecule has 0 bridgehead atoms. The van der Waals surface area contributed by atoms with Crippen molar-refractivity contribution < 1.29 is 9.84 Å². The Morgan fingerprint density at radius 3 is 2.45 bits per heavy atom. The molecule has 3 aliphatic rings. The van der Waals surface area contributed by atoms with Crippen molar-refractivity contribution >= 4 is 46.8 Å². The number of hydrogen-bond acceptors (Lipinski definition) is 13. The van der Waals surface area contributed by atoms with E-state index in [1.54, 1.807) is 24.7 Å². The fraction of sp³-hybridized carbons (Fsp3) is 0.536. The van der Waals surface area contributed by atoms with Crippen molar-refractivity contribution in [3.63, 3.8) is 0 Å². The van der Waals surface area contributed by atoms with E-state index in [2.05, 4.69) is 37.1 Å². The molecule has 0 radical (unpaired) electrons. The van der Waals surface area contributed by atoms with E-state index < -0.39 is 5.60 Å². The number of nitrogens with zero attached hydrogens (tertiary/aromatic N) is 7. The van der Waals surface area contributed by atoms with Crippen LogP contribution in [0.15, 0.2) is 46.8 Å². The average molecular weight is 613 g/mol. The van der Waals surface area contributed by atoms with Gasteiger partial charge in [0.1, 0.15) is 16.7 Å². The molecule has 3 fully saturated rings. The smallest absolute Gasteiger partial charge is 0.227 e. The number of ether oxygens (including phenoxy) is 1. The fourth-order valence-electron chi connectivity index (χ4n) is 5.90. The van der Waals surface area contributed by atoms with Gasteiger partial charge in [-0.3, -0.25) is 0 Å². The largest absolute Gasteiger partial charge is 0.388 e. The number of nitrogens with two attached hydrogens (primary N) is 2. The molecule has 0 aliphatic carbocycles. The lowest BCUT2D eigenvalue weighted by atomic mass is 9.73. The van der Waals surface area contributed by atoms with Gasteiger partial charge in [-0.15, -0.1) is 0 Å². The molecule has 12 nitrogen and oxygen atoms in total. The number of hydrogen-bond donors (Lipinski definition) is 4. The summed E-state index contributed by atoms with van der Waals surface area (Å²) in [5.41, 5.74) is 11.4. The molecule has 42 heavy (non-hydrogen) atoms. The number of pyridine rings is 1. The van der Waals surface area contributed by atoms with Crippen LogP contribution >= 0.6 is 23.4 Å². The maximum atomic E-state index is 10.4. The first-order chi connectivity index (χ1) is 20.3. The van der Waals surface area contributed by atoms with Gasteiger partial charge in [0, 0.05) is 61.5 Å². The van der Waals surface area contributed by atoms with Crippen LogP contribution in [-0.2, 0) is 4.74 Å². The Balaban J connectivity index is 1.08. The number of piperidine rings is 2. The summed E-state index contributed by atoms with van der Waals surface area (Å²) in [7, 11) is 0. The maximum absolute atomic E-state index is 10.4. The monoisotopic (exact) mass is 612 g/mol. The Labute approximate surface area is 254 Å². The Hall–Kier alpha value is -2.81. The van der Waals surface area contributed by atoms with E-state index in [9.17, 15) is 5.11 Å². The third-order valence-corrected chi connectivity index (χ3v) is 10.3. The van der Waals surface area contributed by atoms with Crippen molar-refractivity contribution in [2.75, 3.05) is 54.4 Å². The summed E-state index contributed by atoms with van der Waals surface area (Å²) in [5.74, 6) is 2.49. The molecule has 6 N–H and O–H groups in total. The van der Waals surface area contributed by atoms with Crippen LogP contribution in [0.25, 0.3) is 0 Å². The van der Waals surface area contributed by atoms with Crippen molar-refractivity contribution in [2.45, 2.75) is 60.3 Å². The van der Waals surface area contributed by atoms with E-state index in [1.165, 1.54) is 11.8 Å². The van der Waals surface area contributed by atoms with Crippen LogP contribution in [0.1, 0.15) is 32.6 Å².